The van der Waals surface area contributed by atoms with Crippen LogP contribution in [0.3, 0.4) is 0 Å². The van der Waals surface area contributed by atoms with Gasteiger partial charge in [0.05, 0.1) is 11.0 Å². The molecule has 1 atom stereocenters. The molecule has 1 aliphatic rings. The van der Waals surface area contributed by atoms with Crippen molar-refractivity contribution in [3.05, 3.63) is 199 Å². The zero-order valence-corrected chi connectivity index (χ0v) is 30.6. The average Bonchev–Trinajstić information content (AvgIpc) is 3.95. The molecule has 0 fully saturated rings. The van der Waals surface area contributed by atoms with Crippen LogP contribution in [-0.2, 0) is 0 Å². The lowest BCUT2D eigenvalue weighted by molar-refractivity contribution is 0.662. The lowest BCUT2D eigenvalue weighted by atomic mass is 9.98. The number of furan rings is 2. The lowest BCUT2D eigenvalue weighted by Gasteiger charge is -2.24. The first-order valence-electron chi connectivity index (χ1n) is 19.2. The largest absolute Gasteiger partial charge is 0.456 e. The highest BCUT2D eigenvalue weighted by Gasteiger charge is 2.25. The number of nitrogens with one attached hydrogen (secondary N) is 1. The van der Waals surface area contributed by atoms with Crippen LogP contribution in [0.5, 0.6) is 0 Å². The lowest BCUT2D eigenvalue weighted by Crippen LogP contribution is -2.33. The van der Waals surface area contributed by atoms with Crippen molar-refractivity contribution in [3.8, 4) is 16.8 Å². The second kappa shape index (κ2) is 12.4. The van der Waals surface area contributed by atoms with Gasteiger partial charge in [0.15, 0.2) is 5.84 Å². The van der Waals surface area contributed by atoms with Crippen molar-refractivity contribution in [1.29, 1.82) is 0 Å². The van der Waals surface area contributed by atoms with Gasteiger partial charge in [0.1, 0.15) is 34.3 Å². The van der Waals surface area contributed by atoms with Crippen LogP contribution in [0, 0.1) is 0 Å². The smallest absolute Gasteiger partial charge is 0.159 e. The van der Waals surface area contributed by atoms with Crippen LogP contribution in [0.1, 0.15) is 22.9 Å². The third kappa shape index (κ3) is 5.04. The van der Waals surface area contributed by atoms with E-state index in [2.05, 4.69) is 143 Å². The van der Waals surface area contributed by atoms with Gasteiger partial charge in [-0.2, -0.15) is 0 Å². The first-order chi connectivity index (χ1) is 28.2. The molecule has 0 amide bonds. The molecule has 1 aliphatic heterocycles. The van der Waals surface area contributed by atoms with Crippen LogP contribution in [0.25, 0.3) is 82.5 Å². The Morgan fingerprint density at radius 2 is 1.07 bits per heavy atom. The topological polar surface area (TPSA) is 68.0 Å². The summed E-state index contributed by atoms with van der Waals surface area (Å²) in [6.45, 7) is 0. The van der Waals surface area contributed by atoms with Gasteiger partial charge in [-0.05, 0) is 65.7 Å². The third-order valence-electron chi connectivity index (χ3n) is 11.3. The second-order valence-electron chi connectivity index (χ2n) is 14.6. The summed E-state index contributed by atoms with van der Waals surface area (Å²) in [6.07, 6.45) is -0.387. The molecule has 268 valence electrons. The highest BCUT2D eigenvalue weighted by Crippen LogP contribution is 2.40. The molecule has 0 saturated heterocycles. The molecule has 0 saturated carbocycles. The Bertz CT molecular complexity index is 3390. The minimum Gasteiger partial charge on any atom is -0.456 e. The van der Waals surface area contributed by atoms with E-state index in [1.165, 1.54) is 21.8 Å². The molecule has 8 aromatic carbocycles. The van der Waals surface area contributed by atoms with Crippen LogP contribution in [0.4, 0.5) is 0 Å². The van der Waals surface area contributed by atoms with Gasteiger partial charge in [-0.15, -0.1) is 0 Å². The molecule has 0 spiro atoms. The number of nitrogens with zero attached hydrogens (tertiary/aromatic N) is 3. The minimum atomic E-state index is -0.387. The minimum absolute atomic E-state index is 0.387. The molecule has 0 bridgehead atoms. The van der Waals surface area contributed by atoms with E-state index in [-0.39, 0.29) is 6.17 Å². The maximum atomic E-state index is 6.53. The summed E-state index contributed by atoms with van der Waals surface area (Å²) < 4.78 is 15.3. The van der Waals surface area contributed by atoms with Crippen LogP contribution in [0.2, 0.25) is 0 Å². The van der Waals surface area contributed by atoms with Crippen molar-refractivity contribution >= 4 is 77.4 Å². The number of para-hydroxylation sites is 2. The van der Waals surface area contributed by atoms with Crippen LogP contribution < -0.4 is 5.32 Å². The molecular weight excluding hydrogens is 701 g/mol. The van der Waals surface area contributed by atoms with Crippen molar-refractivity contribution in [2.45, 2.75) is 6.17 Å². The van der Waals surface area contributed by atoms with Gasteiger partial charge >= 0.3 is 0 Å². The molecule has 1 unspecified atom stereocenters. The molecule has 6 heteroatoms. The Hall–Kier alpha value is -7.70. The number of aliphatic imine (C=N–C) groups is 2. The number of benzene rings is 8. The predicted octanol–water partition coefficient (Wildman–Crippen LogP) is 12.7. The molecule has 3 aromatic heterocycles. The van der Waals surface area contributed by atoms with Gasteiger partial charge in [0, 0.05) is 60.8 Å². The third-order valence-corrected chi connectivity index (χ3v) is 11.3. The van der Waals surface area contributed by atoms with Crippen molar-refractivity contribution in [1.82, 2.24) is 9.88 Å². The van der Waals surface area contributed by atoms with Crippen LogP contribution in [0.15, 0.2) is 201 Å². The number of hydrogen-bond donors (Lipinski definition) is 1. The van der Waals surface area contributed by atoms with E-state index in [1.54, 1.807) is 0 Å². The number of fused-ring (bicyclic) bond motifs is 9. The summed E-state index contributed by atoms with van der Waals surface area (Å²) in [7, 11) is 0. The second-order valence-corrected chi connectivity index (χ2v) is 14.6. The number of aromatic nitrogens is 1. The van der Waals surface area contributed by atoms with E-state index in [0.717, 1.165) is 83.2 Å². The molecular formula is C51H32N4O2. The molecule has 12 rings (SSSR count). The fraction of sp³-hybridized carbons (Fsp3) is 0.0196. The monoisotopic (exact) mass is 732 g/mol. The Balaban J connectivity index is 0.963. The molecule has 4 heterocycles. The SMILES string of the molecule is c1ccc(C2=NC(c3cccc4oc5ccc(-c6ccc7oc8cc(-n9c%10ccccc%10c%10ccccc%109)ccc8c7c6)cc5c34)NC(c3ccccc3)=N2)cc1. The molecule has 0 aliphatic carbocycles. The Kier molecular flexibility index (Phi) is 6.89. The first-order valence-corrected chi connectivity index (χ1v) is 19.2. The summed E-state index contributed by atoms with van der Waals surface area (Å²) in [6, 6.07) is 63.2. The standard InChI is InChI=1S/C51H32N4O2/c1-3-12-31(13-4-1)49-52-50(32-14-5-2-6-15-32)54-51(53-49)39-18-11-21-46-48(39)41-29-34(23-27-45(41)56-46)33-22-26-44-40(28-33)38-25-24-35(30-47(38)57-44)55-42-19-9-7-16-36(42)37-17-8-10-20-43(37)55/h1-30,51H,(H,52,53,54). The summed E-state index contributed by atoms with van der Waals surface area (Å²) >= 11 is 0. The Morgan fingerprint density at radius 1 is 0.439 bits per heavy atom. The number of hydrogen-bond acceptors (Lipinski definition) is 5. The zero-order valence-electron chi connectivity index (χ0n) is 30.6. The highest BCUT2D eigenvalue weighted by atomic mass is 16.3. The van der Waals surface area contributed by atoms with E-state index in [9.17, 15) is 0 Å². The average molecular weight is 733 g/mol. The maximum Gasteiger partial charge on any atom is 0.159 e. The van der Waals surface area contributed by atoms with Gasteiger partial charge in [0.25, 0.3) is 0 Å². The van der Waals surface area contributed by atoms with Crippen molar-refractivity contribution in [2.24, 2.45) is 9.98 Å². The van der Waals surface area contributed by atoms with E-state index in [0.29, 0.717) is 5.84 Å². The predicted molar refractivity (Wildman–Crippen MR) is 233 cm³/mol. The molecule has 0 radical (unpaired) electrons. The number of rotatable bonds is 5. The van der Waals surface area contributed by atoms with Gasteiger partial charge in [-0.3, -0.25) is 0 Å². The zero-order chi connectivity index (χ0) is 37.5. The van der Waals surface area contributed by atoms with Crippen molar-refractivity contribution in [3.63, 3.8) is 0 Å². The van der Waals surface area contributed by atoms with Crippen molar-refractivity contribution < 1.29 is 8.83 Å². The molecule has 57 heavy (non-hydrogen) atoms. The Labute approximate surface area is 326 Å². The fourth-order valence-electron chi connectivity index (χ4n) is 8.62. The fourth-order valence-corrected chi connectivity index (χ4v) is 8.62. The van der Waals surface area contributed by atoms with Gasteiger partial charge in [0.2, 0.25) is 0 Å². The van der Waals surface area contributed by atoms with E-state index < -0.39 is 0 Å². The quantitative estimate of drug-likeness (QED) is 0.192. The molecule has 6 nitrogen and oxygen atoms in total. The molecule has 11 aromatic rings. The molecule has 1 N–H and O–H groups in total. The van der Waals surface area contributed by atoms with Gasteiger partial charge < -0.3 is 18.7 Å². The summed E-state index contributed by atoms with van der Waals surface area (Å²) in [4.78, 5) is 10.2. The number of amidine groups is 2. The van der Waals surface area contributed by atoms with E-state index in [1.807, 2.05) is 48.5 Å². The van der Waals surface area contributed by atoms with Gasteiger partial charge in [-0.25, -0.2) is 9.98 Å². The van der Waals surface area contributed by atoms with E-state index in [4.69, 9.17) is 18.8 Å². The maximum absolute atomic E-state index is 6.53. The summed E-state index contributed by atoms with van der Waals surface area (Å²) in [5.74, 6) is 1.47. The van der Waals surface area contributed by atoms with Crippen molar-refractivity contribution in [2.75, 3.05) is 0 Å². The highest BCUT2D eigenvalue weighted by molar-refractivity contribution is 6.15. The van der Waals surface area contributed by atoms with E-state index >= 15 is 0 Å². The van der Waals surface area contributed by atoms with Crippen LogP contribution in [-0.4, -0.2) is 16.2 Å². The summed E-state index contributed by atoms with van der Waals surface area (Å²) in [5, 5.41) is 10.4. The van der Waals surface area contributed by atoms with Gasteiger partial charge in [-0.1, -0.05) is 121 Å². The summed E-state index contributed by atoms with van der Waals surface area (Å²) in [5.41, 5.74) is 12.0. The first kappa shape index (κ1) is 31.6. The van der Waals surface area contributed by atoms with Crippen LogP contribution >= 0.6 is 0 Å². The Morgan fingerprint density at radius 3 is 1.81 bits per heavy atom. The normalized spacial score (nSPS) is 14.5.